The Morgan fingerprint density at radius 1 is 1.73 bits per heavy atom. The van der Waals surface area contributed by atoms with Crippen LogP contribution in [0, 0.1) is 0 Å². The molecule has 0 fully saturated rings. The lowest BCUT2D eigenvalue weighted by atomic mass is 10.3. The number of carbonyl (C=O) groups is 1. The van der Waals surface area contributed by atoms with Gasteiger partial charge in [-0.25, -0.2) is 0 Å². The van der Waals surface area contributed by atoms with Gasteiger partial charge in [-0.15, -0.1) is 0 Å². The third-order valence-corrected chi connectivity index (χ3v) is 3.22. The summed E-state index contributed by atoms with van der Waals surface area (Å²) in [5.41, 5.74) is -1.31. The number of rotatable bonds is 4. The fraction of sp³-hybridized carbons (Fsp3) is 0.800. The molecule has 0 saturated heterocycles. The average Bonchev–Trinajstić information content (AvgIpc) is 1.88. The first-order valence-corrected chi connectivity index (χ1v) is 4.71. The lowest BCUT2D eigenvalue weighted by Crippen LogP contribution is -2.19. The van der Waals surface area contributed by atoms with E-state index >= 15 is 0 Å². The maximum Gasteiger partial charge on any atom is 0.342 e. The van der Waals surface area contributed by atoms with Gasteiger partial charge in [-0.05, 0) is 6.42 Å². The van der Waals surface area contributed by atoms with Gasteiger partial charge in [-0.1, -0.05) is 6.92 Å². The third kappa shape index (κ3) is 2.61. The van der Waals surface area contributed by atoms with Crippen LogP contribution in [0.1, 0.15) is 13.3 Å². The summed E-state index contributed by atoms with van der Waals surface area (Å²) < 4.78 is 15.1. The van der Waals surface area contributed by atoms with Crippen molar-refractivity contribution in [1.82, 2.24) is 0 Å². The van der Waals surface area contributed by atoms with Gasteiger partial charge in [0.1, 0.15) is 0 Å². The Kier molecular flexibility index (Phi) is 3.72. The maximum absolute atomic E-state index is 10.9. The van der Waals surface area contributed by atoms with Crippen LogP contribution in [0.15, 0.2) is 0 Å². The van der Waals surface area contributed by atoms with Gasteiger partial charge in [0.25, 0.3) is 0 Å². The number of aliphatic carboxylic acids is 1. The highest BCUT2D eigenvalue weighted by Crippen LogP contribution is 2.47. The van der Waals surface area contributed by atoms with Crippen molar-refractivity contribution < 1.29 is 23.9 Å². The van der Waals surface area contributed by atoms with Crippen molar-refractivity contribution in [3.05, 3.63) is 0 Å². The first-order valence-electron chi connectivity index (χ1n) is 3.06. The predicted octanol–water partition coefficient (Wildman–Crippen LogP) is 0.681. The molecule has 0 rings (SSSR count). The van der Waals surface area contributed by atoms with Crippen molar-refractivity contribution in [1.29, 1.82) is 0 Å². The van der Waals surface area contributed by atoms with Gasteiger partial charge in [0, 0.05) is 7.11 Å². The number of hydrogen-bond acceptors (Lipinski definition) is 3. The van der Waals surface area contributed by atoms with Crippen molar-refractivity contribution in [2.24, 2.45) is 0 Å². The number of carboxylic acids is 1. The van der Waals surface area contributed by atoms with Crippen LogP contribution >= 0.6 is 7.60 Å². The number of hydrogen-bond donors (Lipinski definition) is 2. The van der Waals surface area contributed by atoms with Crippen LogP contribution in [-0.2, 0) is 13.9 Å². The second kappa shape index (κ2) is 3.85. The fourth-order valence-corrected chi connectivity index (χ4v) is 1.67. The standard InChI is InChI=1S/C5H11O5P/c1-3-4(5(6)7)11(8,9)10-2/h4H,3H2,1-2H3,(H,6,7)(H,8,9). The first-order chi connectivity index (χ1) is 4.95. The zero-order valence-electron chi connectivity index (χ0n) is 6.35. The number of carboxylic acid groups (broad SMARTS) is 1. The molecule has 0 amide bonds. The largest absolute Gasteiger partial charge is 0.481 e. The Bertz CT molecular complexity index is 189. The highest BCUT2D eigenvalue weighted by molar-refractivity contribution is 7.54. The topological polar surface area (TPSA) is 83.8 Å². The fourth-order valence-electron chi connectivity index (χ4n) is 0.672. The summed E-state index contributed by atoms with van der Waals surface area (Å²) in [6.45, 7) is 1.51. The van der Waals surface area contributed by atoms with Crippen LogP contribution in [0.25, 0.3) is 0 Å². The Morgan fingerprint density at radius 3 is 2.27 bits per heavy atom. The van der Waals surface area contributed by atoms with Crippen LogP contribution in [0.5, 0.6) is 0 Å². The second-order valence-electron chi connectivity index (χ2n) is 2.01. The molecule has 66 valence electrons. The Balaban J connectivity index is 4.50. The molecule has 2 unspecified atom stereocenters. The molecule has 0 aliphatic rings. The summed E-state index contributed by atoms with van der Waals surface area (Å²) in [6, 6.07) is 0. The van der Waals surface area contributed by atoms with Crippen LogP contribution in [0.3, 0.4) is 0 Å². The van der Waals surface area contributed by atoms with Crippen LogP contribution in [-0.4, -0.2) is 28.7 Å². The maximum atomic E-state index is 10.9. The van der Waals surface area contributed by atoms with Crippen molar-refractivity contribution >= 4 is 13.6 Å². The molecule has 0 aliphatic heterocycles. The Labute approximate surface area is 64.5 Å². The third-order valence-electron chi connectivity index (χ3n) is 1.33. The van der Waals surface area contributed by atoms with Gasteiger partial charge < -0.3 is 14.5 Å². The van der Waals surface area contributed by atoms with Gasteiger partial charge >= 0.3 is 13.6 Å². The highest BCUT2D eigenvalue weighted by Gasteiger charge is 2.35. The molecule has 0 bridgehead atoms. The molecule has 6 heteroatoms. The van der Waals surface area contributed by atoms with Gasteiger partial charge in [0.2, 0.25) is 0 Å². The van der Waals surface area contributed by atoms with Gasteiger partial charge in [-0.2, -0.15) is 0 Å². The van der Waals surface area contributed by atoms with Crippen molar-refractivity contribution in [2.45, 2.75) is 19.0 Å². The summed E-state index contributed by atoms with van der Waals surface area (Å²) in [5, 5.41) is 8.43. The Hall–Kier alpha value is -0.380. The molecule has 0 radical (unpaired) electrons. The normalized spacial score (nSPS) is 18.8. The molecule has 0 aliphatic carbocycles. The second-order valence-corrected chi connectivity index (χ2v) is 4.13. The zero-order valence-corrected chi connectivity index (χ0v) is 7.25. The van der Waals surface area contributed by atoms with Crippen molar-refractivity contribution in [3.63, 3.8) is 0 Å². The molecule has 11 heavy (non-hydrogen) atoms. The van der Waals surface area contributed by atoms with Crippen LogP contribution < -0.4 is 0 Å². The lowest BCUT2D eigenvalue weighted by Gasteiger charge is -2.14. The molecule has 0 aromatic rings. The average molecular weight is 182 g/mol. The molecule has 0 saturated carbocycles. The van der Waals surface area contributed by atoms with Crippen LogP contribution in [0.4, 0.5) is 0 Å². The van der Waals surface area contributed by atoms with E-state index in [1.54, 1.807) is 0 Å². The van der Waals surface area contributed by atoms with Gasteiger partial charge in [0.15, 0.2) is 5.66 Å². The van der Waals surface area contributed by atoms with E-state index in [1.165, 1.54) is 6.92 Å². The summed E-state index contributed by atoms with van der Waals surface area (Å²) in [6.07, 6.45) is 0.0803. The molecular weight excluding hydrogens is 171 g/mol. The van der Waals surface area contributed by atoms with Gasteiger partial charge in [0.05, 0.1) is 0 Å². The summed E-state index contributed by atoms with van der Waals surface area (Å²) >= 11 is 0. The lowest BCUT2D eigenvalue weighted by molar-refractivity contribution is -0.137. The minimum Gasteiger partial charge on any atom is -0.481 e. The van der Waals surface area contributed by atoms with E-state index in [0.29, 0.717) is 0 Å². The molecule has 0 aromatic carbocycles. The minimum atomic E-state index is -3.94. The van der Waals surface area contributed by atoms with E-state index in [4.69, 9.17) is 10.00 Å². The smallest absolute Gasteiger partial charge is 0.342 e. The van der Waals surface area contributed by atoms with E-state index in [-0.39, 0.29) is 6.42 Å². The summed E-state index contributed by atoms with van der Waals surface area (Å²) in [5.74, 6) is -1.31. The molecule has 0 heterocycles. The quantitative estimate of drug-likeness (QED) is 0.624. The molecule has 2 N–H and O–H groups in total. The summed E-state index contributed by atoms with van der Waals surface area (Å²) in [7, 11) is -2.92. The molecular formula is C5H11O5P. The van der Waals surface area contributed by atoms with E-state index in [2.05, 4.69) is 4.52 Å². The first kappa shape index (κ1) is 10.6. The van der Waals surface area contributed by atoms with Crippen molar-refractivity contribution in [3.8, 4) is 0 Å². The minimum absolute atomic E-state index is 0.0803. The van der Waals surface area contributed by atoms with E-state index in [1.807, 2.05) is 0 Å². The molecule has 5 nitrogen and oxygen atoms in total. The predicted molar refractivity (Wildman–Crippen MR) is 38.5 cm³/mol. The van der Waals surface area contributed by atoms with Gasteiger partial charge in [-0.3, -0.25) is 9.36 Å². The zero-order chi connectivity index (χ0) is 9.07. The Morgan fingerprint density at radius 2 is 2.18 bits per heavy atom. The van der Waals surface area contributed by atoms with E-state index in [0.717, 1.165) is 7.11 Å². The monoisotopic (exact) mass is 182 g/mol. The molecule has 0 spiro atoms. The van der Waals surface area contributed by atoms with E-state index < -0.39 is 19.2 Å². The van der Waals surface area contributed by atoms with Crippen LogP contribution in [0.2, 0.25) is 0 Å². The molecule has 0 aromatic heterocycles. The SMILES string of the molecule is CCC(C(=O)O)P(=O)(O)OC. The van der Waals surface area contributed by atoms with Crippen molar-refractivity contribution in [2.75, 3.05) is 7.11 Å². The molecule has 2 atom stereocenters. The highest BCUT2D eigenvalue weighted by atomic mass is 31.2. The summed E-state index contributed by atoms with van der Waals surface area (Å²) in [4.78, 5) is 19.2. The van der Waals surface area contributed by atoms with E-state index in [9.17, 15) is 9.36 Å².